The van der Waals surface area contributed by atoms with Gasteiger partial charge in [-0.1, -0.05) is 11.6 Å². The number of alkyl halides is 3. The molecule has 0 aliphatic heterocycles. The van der Waals surface area contributed by atoms with E-state index in [1.54, 1.807) is 0 Å². The molecule has 0 N–H and O–H groups in total. The van der Waals surface area contributed by atoms with Crippen molar-refractivity contribution in [2.75, 3.05) is 7.11 Å². The second-order valence-corrected chi connectivity index (χ2v) is 2.65. The van der Waals surface area contributed by atoms with E-state index < -0.39 is 12.2 Å². The van der Waals surface area contributed by atoms with Gasteiger partial charge in [-0.05, 0) is 0 Å². The Morgan fingerprint density at radius 3 is 2.36 bits per heavy atom. The predicted molar refractivity (Wildman–Crippen MR) is 42.5 cm³/mol. The van der Waals surface area contributed by atoms with E-state index >= 15 is 0 Å². The first-order valence-corrected chi connectivity index (χ1v) is 3.76. The summed E-state index contributed by atoms with van der Waals surface area (Å²) in [5.74, 6) is -0.696. The normalized spacial score (nSPS) is 11.2. The lowest BCUT2D eigenvalue weighted by Gasteiger charge is -2.08. The molecule has 0 radical (unpaired) electrons. The first kappa shape index (κ1) is 10.9. The van der Waals surface area contributed by atoms with Gasteiger partial charge in [-0.15, -0.1) is 13.2 Å². The smallest absolute Gasteiger partial charge is 0.481 e. The second kappa shape index (κ2) is 3.91. The number of methoxy groups -OCH3 is 1. The molecule has 0 bridgehead atoms. The Balaban J connectivity index is 2.92. The van der Waals surface area contributed by atoms with Crippen LogP contribution in [0.25, 0.3) is 0 Å². The topological polar surface area (TPSA) is 31.4 Å². The maximum atomic E-state index is 11.8. The van der Waals surface area contributed by atoms with E-state index in [0.717, 1.165) is 6.07 Å². The predicted octanol–water partition coefficient (Wildman–Crippen LogP) is 2.64. The number of nitrogens with zero attached hydrogens (tertiary/aromatic N) is 1. The van der Waals surface area contributed by atoms with Crippen molar-refractivity contribution in [3.63, 3.8) is 0 Å². The number of aromatic nitrogens is 1. The van der Waals surface area contributed by atoms with Crippen molar-refractivity contribution in [1.82, 2.24) is 4.98 Å². The number of hydrogen-bond donors (Lipinski definition) is 0. The fourth-order valence-corrected chi connectivity index (χ4v) is 0.913. The lowest BCUT2D eigenvalue weighted by Crippen LogP contribution is -2.18. The van der Waals surface area contributed by atoms with Crippen LogP contribution >= 0.6 is 11.6 Å². The van der Waals surface area contributed by atoms with Crippen LogP contribution in [0.1, 0.15) is 0 Å². The van der Waals surface area contributed by atoms with Crippen molar-refractivity contribution < 1.29 is 22.6 Å². The largest absolute Gasteiger partial charge is 0.574 e. The summed E-state index contributed by atoms with van der Waals surface area (Å²) in [5, 5.41) is 0.0519. The van der Waals surface area contributed by atoms with Crippen LogP contribution in [0.3, 0.4) is 0 Å². The summed E-state index contributed by atoms with van der Waals surface area (Å²) < 4.78 is 43.4. The molecule has 0 saturated heterocycles. The van der Waals surface area contributed by atoms with Crippen molar-refractivity contribution >= 4 is 11.6 Å². The van der Waals surface area contributed by atoms with Gasteiger partial charge in [0.25, 0.3) is 0 Å². The quantitative estimate of drug-likeness (QED) is 0.778. The van der Waals surface area contributed by atoms with Gasteiger partial charge in [0.05, 0.1) is 12.1 Å². The van der Waals surface area contributed by atoms with Crippen molar-refractivity contribution in [2.24, 2.45) is 0 Å². The van der Waals surface area contributed by atoms with Crippen LogP contribution in [0.2, 0.25) is 5.02 Å². The third-order valence-corrected chi connectivity index (χ3v) is 1.39. The van der Waals surface area contributed by atoms with Gasteiger partial charge in [0.2, 0.25) is 11.8 Å². The minimum absolute atomic E-state index is 0.0447. The highest BCUT2D eigenvalue weighted by molar-refractivity contribution is 6.30. The van der Waals surface area contributed by atoms with Gasteiger partial charge in [0.1, 0.15) is 0 Å². The van der Waals surface area contributed by atoms with Gasteiger partial charge >= 0.3 is 6.36 Å². The lowest BCUT2D eigenvalue weighted by molar-refractivity contribution is -0.276. The molecule has 0 amide bonds. The first-order chi connectivity index (χ1) is 6.40. The highest BCUT2D eigenvalue weighted by atomic mass is 35.5. The van der Waals surface area contributed by atoms with Gasteiger partial charge in [0.15, 0.2) is 0 Å². The maximum Gasteiger partial charge on any atom is 0.574 e. The number of ether oxygens (including phenoxy) is 2. The minimum atomic E-state index is -4.79. The van der Waals surface area contributed by atoms with E-state index in [9.17, 15) is 13.2 Å². The van der Waals surface area contributed by atoms with Gasteiger partial charge < -0.3 is 9.47 Å². The summed E-state index contributed by atoms with van der Waals surface area (Å²) in [6, 6.07) is 2.21. The molecular formula is C7H5ClF3NO2. The summed E-state index contributed by atoms with van der Waals surface area (Å²) in [4.78, 5) is 3.39. The molecule has 0 aliphatic rings. The molecule has 1 aromatic heterocycles. The molecule has 1 rings (SSSR count). The Morgan fingerprint density at radius 2 is 1.86 bits per heavy atom. The van der Waals surface area contributed by atoms with Gasteiger partial charge in [0, 0.05) is 12.1 Å². The molecule has 3 nitrogen and oxygen atoms in total. The Labute approximate surface area is 82.4 Å². The summed E-state index contributed by atoms with van der Waals surface area (Å²) in [6.45, 7) is 0. The van der Waals surface area contributed by atoms with Crippen molar-refractivity contribution in [1.29, 1.82) is 0 Å². The van der Waals surface area contributed by atoms with Crippen molar-refractivity contribution in [3.05, 3.63) is 17.2 Å². The summed E-state index contributed by atoms with van der Waals surface area (Å²) >= 11 is 5.49. The van der Waals surface area contributed by atoms with Crippen LogP contribution in [0.5, 0.6) is 11.8 Å². The van der Waals surface area contributed by atoms with Crippen LogP contribution in [-0.2, 0) is 0 Å². The minimum Gasteiger partial charge on any atom is -0.481 e. The van der Waals surface area contributed by atoms with Crippen LogP contribution in [-0.4, -0.2) is 18.5 Å². The van der Waals surface area contributed by atoms with Crippen molar-refractivity contribution in [2.45, 2.75) is 6.36 Å². The standard InChI is InChI=1S/C7H5ClF3NO2/c1-13-5-2-4(8)3-6(12-5)14-7(9,10)11/h2-3H,1H3. The average molecular weight is 228 g/mol. The number of pyridine rings is 1. The van der Waals surface area contributed by atoms with E-state index in [1.165, 1.54) is 13.2 Å². The van der Waals surface area contributed by atoms with Crippen LogP contribution < -0.4 is 9.47 Å². The van der Waals surface area contributed by atoms with Gasteiger partial charge in [-0.2, -0.15) is 4.98 Å². The lowest BCUT2D eigenvalue weighted by atomic mass is 10.5. The molecule has 0 atom stereocenters. The maximum absolute atomic E-state index is 11.8. The third-order valence-electron chi connectivity index (χ3n) is 1.17. The number of halogens is 4. The third kappa shape index (κ3) is 3.29. The van der Waals surface area contributed by atoms with E-state index in [2.05, 4.69) is 14.5 Å². The number of hydrogen-bond acceptors (Lipinski definition) is 3. The first-order valence-electron chi connectivity index (χ1n) is 3.38. The summed E-state index contributed by atoms with van der Waals surface area (Å²) in [6.07, 6.45) is -4.79. The highest BCUT2D eigenvalue weighted by Gasteiger charge is 2.32. The molecule has 14 heavy (non-hydrogen) atoms. The zero-order valence-corrected chi connectivity index (χ0v) is 7.69. The zero-order chi connectivity index (χ0) is 10.8. The molecule has 0 fully saturated rings. The summed E-state index contributed by atoms with van der Waals surface area (Å²) in [7, 11) is 1.26. The fourth-order valence-electron chi connectivity index (χ4n) is 0.726. The van der Waals surface area contributed by atoms with E-state index in [0.29, 0.717) is 0 Å². The Morgan fingerprint density at radius 1 is 1.29 bits per heavy atom. The second-order valence-electron chi connectivity index (χ2n) is 2.21. The van der Waals surface area contributed by atoms with Crippen LogP contribution in [0.4, 0.5) is 13.2 Å². The average Bonchev–Trinajstić information content (AvgIpc) is 1.99. The Hall–Kier alpha value is -1.17. The molecule has 78 valence electrons. The molecule has 0 saturated carbocycles. The molecule has 0 spiro atoms. The SMILES string of the molecule is COc1cc(Cl)cc(OC(F)(F)F)n1. The number of rotatable bonds is 2. The van der Waals surface area contributed by atoms with E-state index in [-0.39, 0.29) is 10.9 Å². The van der Waals surface area contributed by atoms with Gasteiger partial charge in [-0.3, -0.25) is 0 Å². The monoisotopic (exact) mass is 227 g/mol. The fraction of sp³-hybridized carbons (Fsp3) is 0.286. The van der Waals surface area contributed by atoms with Crippen LogP contribution in [0.15, 0.2) is 12.1 Å². The molecule has 1 heterocycles. The molecule has 0 aliphatic carbocycles. The van der Waals surface area contributed by atoms with E-state index in [4.69, 9.17) is 11.6 Å². The van der Waals surface area contributed by atoms with Crippen molar-refractivity contribution in [3.8, 4) is 11.8 Å². The Kier molecular flexibility index (Phi) is 3.05. The molecular weight excluding hydrogens is 223 g/mol. The van der Waals surface area contributed by atoms with E-state index in [1.807, 2.05) is 0 Å². The summed E-state index contributed by atoms with van der Waals surface area (Å²) in [5.41, 5.74) is 0. The molecule has 7 heteroatoms. The zero-order valence-electron chi connectivity index (χ0n) is 6.93. The Bertz CT molecular complexity index is 329. The molecule has 0 unspecified atom stereocenters. The van der Waals surface area contributed by atoms with Crippen LogP contribution in [0, 0.1) is 0 Å². The highest BCUT2D eigenvalue weighted by Crippen LogP contribution is 2.26. The molecule has 1 aromatic rings. The molecule has 0 aromatic carbocycles. The van der Waals surface area contributed by atoms with Gasteiger partial charge in [-0.25, -0.2) is 0 Å².